The highest BCUT2D eigenvalue weighted by Gasteiger charge is 2.22. The van der Waals surface area contributed by atoms with Crippen LogP contribution in [0.25, 0.3) is 0 Å². The molecule has 4 nitrogen and oxygen atoms in total. The predicted molar refractivity (Wildman–Crippen MR) is 95.8 cm³/mol. The third-order valence-electron chi connectivity index (χ3n) is 3.85. The molecule has 0 aliphatic carbocycles. The van der Waals surface area contributed by atoms with E-state index in [0.717, 1.165) is 10.4 Å². The minimum absolute atomic E-state index is 0.0220. The minimum Gasteiger partial charge on any atom is -0.469 e. The molecule has 1 heterocycles. The van der Waals surface area contributed by atoms with Crippen molar-refractivity contribution >= 4 is 23.2 Å². The van der Waals surface area contributed by atoms with Gasteiger partial charge < -0.3 is 9.64 Å². The SMILES string of the molecule is COC(=O)C(C)CN(Cc1ccc(C)cc1)C(=O)Cc1cccs1. The first-order chi connectivity index (χ1) is 11.5. The van der Waals surface area contributed by atoms with Crippen LogP contribution in [0.5, 0.6) is 0 Å². The molecule has 2 rings (SSSR count). The quantitative estimate of drug-likeness (QED) is 0.722. The molecule has 1 aromatic carbocycles. The average molecular weight is 345 g/mol. The summed E-state index contributed by atoms with van der Waals surface area (Å²) in [7, 11) is 1.37. The number of benzene rings is 1. The molecule has 0 saturated heterocycles. The molecule has 0 spiro atoms. The van der Waals surface area contributed by atoms with E-state index in [4.69, 9.17) is 4.74 Å². The molecule has 1 amide bonds. The highest BCUT2D eigenvalue weighted by molar-refractivity contribution is 7.10. The number of amides is 1. The topological polar surface area (TPSA) is 46.6 Å². The van der Waals surface area contributed by atoms with Crippen molar-refractivity contribution in [3.05, 3.63) is 57.8 Å². The molecule has 0 saturated carbocycles. The second-order valence-corrected chi connectivity index (χ2v) is 6.97. The summed E-state index contributed by atoms with van der Waals surface area (Å²) in [4.78, 5) is 27.2. The van der Waals surface area contributed by atoms with Gasteiger partial charge in [-0.1, -0.05) is 42.8 Å². The van der Waals surface area contributed by atoms with Crippen molar-refractivity contribution < 1.29 is 14.3 Å². The highest BCUT2D eigenvalue weighted by Crippen LogP contribution is 2.15. The summed E-state index contributed by atoms with van der Waals surface area (Å²) in [6.45, 7) is 4.66. The number of thiophene rings is 1. The van der Waals surface area contributed by atoms with Crippen molar-refractivity contribution in [3.8, 4) is 0 Å². The Kier molecular flexibility index (Phi) is 6.55. The predicted octanol–water partition coefficient (Wildman–Crippen LogP) is 3.44. The van der Waals surface area contributed by atoms with E-state index in [0.29, 0.717) is 19.5 Å². The van der Waals surface area contributed by atoms with Crippen LogP contribution in [0.2, 0.25) is 0 Å². The lowest BCUT2D eigenvalue weighted by Gasteiger charge is -2.25. The lowest BCUT2D eigenvalue weighted by molar-refractivity contribution is -0.146. The summed E-state index contributed by atoms with van der Waals surface area (Å²) in [5.41, 5.74) is 2.23. The largest absolute Gasteiger partial charge is 0.469 e. The molecule has 0 N–H and O–H groups in total. The van der Waals surface area contributed by atoms with Gasteiger partial charge in [0.1, 0.15) is 0 Å². The van der Waals surface area contributed by atoms with Crippen LogP contribution in [0.15, 0.2) is 41.8 Å². The lowest BCUT2D eigenvalue weighted by Crippen LogP contribution is -2.37. The Labute approximate surface area is 147 Å². The fraction of sp³-hybridized carbons (Fsp3) is 0.368. The first-order valence-electron chi connectivity index (χ1n) is 7.93. The maximum Gasteiger partial charge on any atom is 0.310 e. The Morgan fingerprint density at radius 1 is 1.21 bits per heavy atom. The number of carbonyl (C=O) groups is 2. The van der Waals surface area contributed by atoms with Crippen LogP contribution in [0.4, 0.5) is 0 Å². The van der Waals surface area contributed by atoms with Gasteiger partial charge in [0.25, 0.3) is 0 Å². The van der Waals surface area contributed by atoms with Crippen LogP contribution >= 0.6 is 11.3 Å². The summed E-state index contributed by atoms with van der Waals surface area (Å²) >= 11 is 1.57. The van der Waals surface area contributed by atoms with Crippen LogP contribution in [-0.2, 0) is 27.3 Å². The van der Waals surface area contributed by atoms with Crippen LogP contribution in [0.1, 0.15) is 22.9 Å². The Balaban J connectivity index is 2.11. The van der Waals surface area contributed by atoms with Gasteiger partial charge in [0.15, 0.2) is 0 Å². The molecular formula is C19H23NO3S. The number of aryl methyl sites for hydroxylation is 1. The zero-order chi connectivity index (χ0) is 17.5. The Hall–Kier alpha value is -2.14. The van der Waals surface area contributed by atoms with Crippen LogP contribution < -0.4 is 0 Å². The zero-order valence-corrected chi connectivity index (χ0v) is 15.1. The van der Waals surface area contributed by atoms with E-state index in [1.54, 1.807) is 23.2 Å². The molecule has 0 bridgehead atoms. The van der Waals surface area contributed by atoms with Gasteiger partial charge in [-0.3, -0.25) is 9.59 Å². The van der Waals surface area contributed by atoms with E-state index in [1.807, 2.05) is 48.7 Å². The van der Waals surface area contributed by atoms with Gasteiger partial charge in [-0.15, -0.1) is 11.3 Å². The summed E-state index contributed by atoms with van der Waals surface area (Å²) in [5.74, 6) is -0.630. The van der Waals surface area contributed by atoms with Gasteiger partial charge in [0.2, 0.25) is 5.91 Å². The van der Waals surface area contributed by atoms with Gasteiger partial charge in [0.05, 0.1) is 19.4 Å². The number of esters is 1. The summed E-state index contributed by atoms with van der Waals surface area (Å²) in [6.07, 6.45) is 0.359. The second-order valence-electron chi connectivity index (χ2n) is 5.94. The molecule has 0 aliphatic heterocycles. The van der Waals surface area contributed by atoms with E-state index < -0.39 is 0 Å². The number of carbonyl (C=O) groups excluding carboxylic acids is 2. The number of nitrogens with zero attached hydrogens (tertiary/aromatic N) is 1. The normalized spacial score (nSPS) is 11.8. The van der Waals surface area contributed by atoms with E-state index in [-0.39, 0.29) is 17.8 Å². The van der Waals surface area contributed by atoms with Crippen molar-refractivity contribution in [1.29, 1.82) is 0 Å². The van der Waals surface area contributed by atoms with Gasteiger partial charge in [-0.05, 0) is 23.9 Å². The van der Waals surface area contributed by atoms with Crippen LogP contribution in [0.3, 0.4) is 0 Å². The standard InChI is InChI=1S/C19H23NO3S/c1-14-6-8-16(9-7-14)13-20(12-15(2)19(22)23-3)18(21)11-17-5-4-10-24-17/h4-10,15H,11-13H2,1-3H3. The van der Waals surface area contributed by atoms with Gasteiger partial charge >= 0.3 is 5.97 Å². The van der Waals surface area contributed by atoms with Crippen LogP contribution in [0, 0.1) is 12.8 Å². The van der Waals surface area contributed by atoms with Crippen molar-refractivity contribution in [2.45, 2.75) is 26.8 Å². The van der Waals surface area contributed by atoms with Crippen LogP contribution in [-0.4, -0.2) is 30.4 Å². The number of ether oxygens (including phenoxy) is 1. The van der Waals surface area contributed by atoms with Crippen molar-refractivity contribution in [2.75, 3.05) is 13.7 Å². The van der Waals surface area contributed by atoms with Crippen molar-refractivity contribution in [2.24, 2.45) is 5.92 Å². The fourth-order valence-corrected chi connectivity index (χ4v) is 3.14. The number of hydrogen-bond donors (Lipinski definition) is 0. The Morgan fingerprint density at radius 2 is 1.92 bits per heavy atom. The highest BCUT2D eigenvalue weighted by atomic mass is 32.1. The fourth-order valence-electron chi connectivity index (χ4n) is 2.45. The Morgan fingerprint density at radius 3 is 2.50 bits per heavy atom. The van der Waals surface area contributed by atoms with Crippen molar-refractivity contribution in [1.82, 2.24) is 4.90 Å². The third-order valence-corrected chi connectivity index (χ3v) is 4.73. The second kappa shape index (κ2) is 8.64. The zero-order valence-electron chi connectivity index (χ0n) is 14.3. The Bertz CT molecular complexity index is 664. The van der Waals surface area contributed by atoms with Gasteiger partial charge in [-0.2, -0.15) is 0 Å². The first kappa shape index (κ1) is 18.2. The smallest absolute Gasteiger partial charge is 0.310 e. The molecule has 0 radical (unpaired) electrons. The first-order valence-corrected chi connectivity index (χ1v) is 8.81. The maximum atomic E-state index is 12.7. The van der Waals surface area contributed by atoms with E-state index in [9.17, 15) is 9.59 Å². The summed E-state index contributed by atoms with van der Waals surface area (Å²) in [6, 6.07) is 12.0. The average Bonchev–Trinajstić information content (AvgIpc) is 3.08. The van der Waals surface area contributed by atoms with Gasteiger partial charge in [0, 0.05) is 18.0 Å². The van der Waals surface area contributed by atoms with E-state index >= 15 is 0 Å². The van der Waals surface area contributed by atoms with E-state index in [2.05, 4.69) is 0 Å². The van der Waals surface area contributed by atoms with E-state index in [1.165, 1.54) is 12.7 Å². The molecule has 128 valence electrons. The monoisotopic (exact) mass is 345 g/mol. The number of hydrogen-bond acceptors (Lipinski definition) is 4. The molecule has 0 fully saturated rings. The molecule has 1 atom stereocenters. The number of rotatable bonds is 7. The maximum absolute atomic E-state index is 12.7. The molecular weight excluding hydrogens is 322 g/mol. The third kappa shape index (κ3) is 5.20. The number of methoxy groups -OCH3 is 1. The molecule has 1 aromatic heterocycles. The molecule has 0 aliphatic rings. The van der Waals surface area contributed by atoms with Crippen molar-refractivity contribution in [3.63, 3.8) is 0 Å². The summed E-state index contributed by atoms with van der Waals surface area (Å²) < 4.78 is 4.79. The molecule has 5 heteroatoms. The molecule has 2 aromatic rings. The molecule has 1 unspecified atom stereocenters. The lowest BCUT2D eigenvalue weighted by atomic mass is 10.1. The minimum atomic E-state index is -0.354. The molecule has 24 heavy (non-hydrogen) atoms. The summed E-state index contributed by atoms with van der Waals surface area (Å²) in [5, 5.41) is 1.96. The van der Waals surface area contributed by atoms with Gasteiger partial charge in [-0.25, -0.2) is 0 Å².